The van der Waals surface area contributed by atoms with Crippen molar-refractivity contribution in [3.05, 3.63) is 106 Å². The number of thioether (sulfide) groups is 2. The summed E-state index contributed by atoms with van der Waals surface area (Å²) < 4.78 is 0. The summed E-state index contributed by atoms with van der Waals surface area (Å²) >= 11 is 9.28. The average Bonchev–Trinajstić information content (AvgIpc) is 3.38. The van der Waals surface area contributed by atoms with Crippen LogP contribution in [-0.2, 0) is 11.2 Å². The van der Waals surface area contributed by atoms with Crippen LogP contribution in [0.15, 0.2) is 105 Å². The van der Waals surface area contributed by atoms with Gasteiger partial charge < -0.3 is 4.90 Å². The summed E-state index contributed by atoms with van der Waals surface area (Å²) in [5.74, 6) is -0.0228. The van der Waals surface area contributed by atoms with Crippen molar-refractivity contribution in [3.8, 4) is 0 Å². The molecule has 3 heterocycles. The van der Waals surface area contributed by atoms with E-state index in [0.29, 0.717) is 21.6 Å². The van der Waals surface area contributed by atoms with Gasteiger partial charge in [-0.1, -0.05) is 59.8 Å². The van der Waals surface area contributed by atoms with Crippen LogP contribution in [0.3, 0.4) is 0 Å². The lowest BCUT2D eigenvalue weighted by Gasteiger charge is -2.17. The van der Waals surface area contributed by atoms with Crippen LogP contribution in [0.5, 0.6) is 0 Å². The Morgan fingerprint density at radius 3 is 2.69 bits per heavy atom. The first-order valence-electron chi connectivity index (χ1n) is 11.5. The van der Waals surface area contributed by atoms with E-state index in [4.69, 9.17) is 16.6 Å². The predicted molar refractivity (Wildman–Crippen MR) is 151 cm³/mol. The number of halogens is 1. The van der Waals surface area contributed by atoms with Crippen LogP contribution in [0.25, 0.3) is 10.9 Å². The molecule has 4 aromatic rings. The van der Waals surface area contributed by atoms with Gasteiger partial charge in [-0.2, -0.15) is 0 Å². The second-order valence-electron chi connectivity index (χ2n) is 8.48. The molecule has 0 unspecified atom stereocenters. The van der Waals surface area contributed by atoms with Gasteiger partial charge in [0, 0.05) is 35.1 Å². The van der Waals surface area contributed by atoms with Crippen LogP contribution in [0, 0.1) is 0 Å². The number of amidine groups is 1. The first kappa shape index (κ1) is 23.2. The molecule has 178 valence electrons. The smallest absolute Gasteiger partial charge is 0.269 e. The van der Waals surface area contributed by atoms with E-state index in [2.05, 4.69) is 17.1 Å². The van der Waals surface area contributed by atoms with E-state index in [1.165, 1.54) is 17.3 Å². The maximum absolute atomic E-state index is 13.8. The fourth-order valence-electron chi connectivity index (χ4n) is 4.26. The van der Waals surface area contributed by atoms with E-state index < -0.39 is 0 Å². The molecule has 5 nitrogen and oxygen atoms in total. The lowest BCUT2D eigenvalue weighted by molar-refractivity contribution is -0.122. The normalized spacial score (nSPS) is 18.5. The number of nitrogens with zero attached hydrogens (tertiary/aromatic N) is 4. The van der Waals surface area contributed by atoms with E-state index in [1.807, 2.05) is 78.7 Å². The number of aromatic nitrogens is 1. The predicted octanol–water partition coefficient (Wildman–Crippen LogP) is 7.11. The Morgan fingerprint density at radius 1 is 0.972 bits per heavy atom. The standard InChI is InChI=1S/C28H21ClN4OS2/c1-32-23-17-20(29)9-12-24(23)35-27(32)25-26(34)33(15-13-18-6-3-2-4-7-18)28(36-25)31-21-10-11-22-19(16-21)8-5-14-30-22/h2-12,14,16-17H,13,15H2,1H3. The molecule has 36 heavy (non-hydrogen) atoms. The first-order chi connectivity index (χ1) is 17.6. The molecular formula is C28H21ClN4OS2. The maximum atomic E-state index is 13.8. The molecule has 8 heteroatoms. The second-order valence-corrected chi connectivity index (χ2v) is 10.9. The van der Waals surface area contributed by atoms with Crippen molar-refractivity contribution < 1.29 is 4.79 Å². The van der Waals surface area contributed by atoms with E-state index >= 15 is 0 Å². The molecule has 0 radical (unpaired) electrons. The van der Waals surface area contributed by atoms with Gasteiger partial charge in [-0.05, 0) is 66.2 Å². The SMILES string of the molecule is CN1C(=C2SC(=Nc3ccc4ncccc4c3)N(CCc3ccccc3)C2=O)Sc2ccc(Cl)cc21. The van der Waals surface area contributed by atoms with Crippen LogP contribution in [0.4, 0.5) is 11.4 Å². The summed E-state index contributed by atoms with van der Waals surface area (Å²) in [6, 6.07) is 25.9. The van der Waals surface area contributed by atoms with Gasteiger partial charge in [-0.3, -0.25) is 14.7 Å². The molecule has 0 N–H and O–H groups in total. The number of fused-ring (bicyclic) bond motifs is 2. The van der Waals surface area contributed by atoms with E-state index in [0.717, 1.165) is 38.6 Å². The monoisotopic (exact) mass is 528 g/mol. The molecule has 1 aromatic heterocycles. The fourth-order valence-corrected chi connectivity index (χ4v) is 6.78. The van der Waals surface area contributed by atoms with Crippen molar-refractivity contribution in [2.75, 3.05) is 18.5 Å². The Hall–Kier alpha value is -3.26. The molecule has 0 aliphatic carbocycles. The van der Waals surface area contributed by atoms with Gasteiger partial charge in [0.05, 0.1) is 21.9 Å². The van der Waals surface area contributed by atoms with Crippen molar-refractivity contribution in [2.24, 2.45) is 4.99 Å². The molecule has 6 rings (SSSR count). The minimum absolute atomic E-state index is 0.0228. The van der Waals surface area contributed by atoms with E-state index in [9.17, 15) is 4.79 Å². The van der Waals surface area contributed by atoms with E-state index in [1.54, 1.807) is 22.9 Å². The van der Waals surface area contributed by atoms with Gasteiger partial charge in [0.25, 0.3) is 5.91 Å². The zero-order chi connectivity index (χ0) is 24.6. The highest BCUT2D eigenvalue weighted by atomic mass is 35.5. The Morgan fingerprint density at radius 2 is 1.83 bits per heavy atom. The van der Waals surface area contributed by atoms with Crippen LogP contribution in [0.2, 0.25) is 5.02 Å². The van der Waals surface area contributed by atoms with Crippen LogP contribution in [0.1, 0.15) is 5.56 Å². The molecule has 1 saturated heterocycles. The second kappa shape index (κ2) is 9.65. The summed E-state index contributed by atoms with van der Waals surface area (Å²) in [5, 5.41) is 3.28. The molecule has 2 aliphatic heterocycles. The molecule has 0 atom stereocenters. The fraction of sp³-hybridized carbons (Fsp3) is 0.107. The Labute approximate surface area is 222 Å². The minimum Gasteiger partial charge on any atom is -0.337 e. The third kappa shape index (κ3) is 4.39. The van der Waals surface area contributed by atoms with Gasteiger partial charge >= 0.3 is 0 Å². The number of carbonyl (C=O) groups excluding carboxylic acids is 1. The molecule has 0 spiro atoms. The summed E-state index contributed by atoms with van der Waals surface area (Å²) in [6.45, 7) is 0.549. The number of hydrogen-bond donors (Lipinski definition) is 0. The molecule has 0 bridgehead atoms. The van der Waals surface area contributed by atoms with Crippen LogP contribution < -0.4 is 4.90 Å². The van der Waals surface area contributed by atoms with E-state index in [-0.39, 0.29) is 5.91 Å². The minimum atomic E-state index is -0.0228. The number of anilines is 1. The molecule has 2 aliphatic rings. The van der Waals surface area contributed by atoms with Gasteiger partial charge in [-0.15, -0.1) is 0 Å². The molecule has 1 fully saturated rings. The van der Waals surface area contributed by atoms with Crippen molar-refractivity contribution in [1.29, 1.82) is 0 Å². The lowest BCUT2D eigenvalue weighted by Crippen LogP contribution is -2.31. The van der Waals surface area contributed by atoms with Crippen molar-refractivity contribution >= 4 is 68.5 Å². The highest BCUT2D eigenvalue weighted by molar-refractivity contribution is 8.19. The maximum Gasteiger partial charge on any atom is 0.269 e. The number of hydrogen-bond acceptors (Lipinski definition) is 6. The Balaban J connectivity index is 1.38. The molecule has 3 aromatic carbocycles. The van der Waals surface area contributed by atoms with Gasteiger partial charge in [0.1, 0.15) is 4.91 Å². The van der Waals surface area contributed by atoms with Crippen molar-refractivity contribution in [2.45, 2.75) is 11.3 Å². The third-order valence-electron chi connectivity index (χ3n) is 6.13. The van der Waals surface area contributed by atoms with Crippen LogP contribution in [-0.4, -0.2) is 34.6 Å². The number of rotatable bonds is 4. The van der Waals surface area contributed by atoms with Crippen LogP contribution >= 0.6 is 35.1 Å². The topological polar surface area (TPSA) is 48.8 Å². The lowest BCUT2D eigenvalue weighted by atomic mass is 10.1. The number of pyridine rings is 1. The summed E-state index contributed by atoms with van der Waals surface area (Å²) in [6.07, 6.45) is 2.53. The number of carbonyl (C=O) groups is 1. The first-order valence-corrected chi connectivity index (χ1v) is 13.5. The van der Waals surface area contributed by atoms with Gasteiger partial charge in [0.15, 0.2) is 5.17 Å². The molecular weight excluding hydrogens is 508 g/mol. The molecule has 0 saturated carbocycles. The highest BCUT2D eigenvalue weighted by Crippen LogP contribution is 2.50. The molecule has 1 amide bonds. The number of amides is 1. The van der Waals surface area contributed by atoms with Crippen molar-refractivity contribution in [1.82, 2.24) is 9.88 Å². The summed E-state index contributed by atoms with van der Waals surface area (Å²) in [4.78, 5) is 28.7. The van der Waals surface area contributed by atoms with Gasteiger partial charge in [-0.25, -0.2) is 4.99 Å². The van der Waals surface area contributed by atoms with Crippen molar-refractivity contribution in [3.63, 3.8) is 0 Å². The summed E-state index contributed by atoms with van der Waals surface area (Å²) in [5.41, 5.74) is 3.90. The Kier molecular flexibility index (Phi) is 6.21. The third-order valence-corrected chi connectivity index (χ3v) is 8.80. The van der Waals surface area contributed by atoms with Gasteiger partial charge in [0.2, 0.25) is 0 Å². The zero-order valence-electron chi connectivity index (χ0n) is 19.4. The quantitative estimate of drug-likeness (QED) is 0.264. The zero-order valence-corrected chi connectivity index (χ0v) is 21.8. The Bertz CT molecular complexity index is 1550. The summed E-state index contributed by atoms with van der Waals surface area (Å²) in [7, 11) is 1.98. The number of benzene rings is 3. The average molecular weight is 529 g/mol. The highest BCUT2D eigenvalue weighted by Gasteiger charge is 2.39. The largest absolute Gasteiger partial charge is 0.337 e. The number of aliphatic imine (C=N–C) groups is 1.